The highest BCUT2D eigenvalue weighted by Gasteiger charge is 2.42. The fourth-order valence-electron chi connectivity index (χ4n) is 2.70. The van der Waals surface area contributed by atoms with E-state index in [2.05, 4.69) is 4.90 Å². The summed E-state index contributed by atoms with van der Waals surface area (Å²) in [6.07, 6.45) is -0.293. The van der Waals surface area contributed by atoms with Crippen LogP contribution in [-0.4, -0.2) is 17.4 Å². The highest BCUT2D eigenvalue weighted by Crippen LogP contribution is 2.38. The second kappa shape index (κ2) is 5.47. The topological polar surface area (TPSA) is 29.5 Å². The minimum absolute atomic E-state index is 0.174. The fraction of sp³-hybridized carbons (Fsp3) is 0.235. The van der Waals surface area contributed by atoms with Gasteiger partial charge in [0.05, 0.1) is 0 Å². The number of hydrogen-bond acceptors (Lipinski definition) is 3. The summed E-state index contributed by atoms with van der Waals surface area (Å²) in [6, 6.07) is 19.4. The number of likely N-dealkylation sites (N-methyl/N-ethyl adjacent to an activating group) is 1. The SMILES string of the molecule is CCN1C(c2ccccc2)OC(=O)C1c1ccccc1. The molecule has 0 bridgehead atoms. The van der Waals surface area contributed by atoms with Gasteiger partial charge >= 0.3 is 5.97 Å². The van der Waals surface area contributed by atoms with E-state index in [-0.39, 0.29) is 18.2 Å². The molecule has 3 heteroatoms. The number of nitrogens with zero attached hydrogens (tertiary/aromatic N) is 1. The Labute approximate surface area is 118 Å². The van der Waals surface area contributed by atoms with Crippen LogP contribution in [0, 0.1) is 0 Å². The van der Waals surface area contributed by atoms with Gasteiger partial charge in [-0.25, -0.2) is 9.69 Å². The summed E-state index contributed by atoms with van der Waals surface area (Å²) in [5, 5.41) is 0. The maximum absolute atomic E-state index is 12.3. The number of rotatable bonds is 3. The first-order chi connectivity index (χ1) is 9.81. The van der Waals surface area contributed by atoms with Gasteiger partial charge in [-0.2, -0.15) is 0 Å². The summed E-state index contributed by atoms with van der Waals surface area (Å²) < 4.78 is 5.60. The molecule has 0 aromatic heterocycles. The predicted molar refractivity (Wildman–Crippen MR) is 76.8 cm³/mol. The zero-order valence-corrected chi connectivity index (χ0v) is 11.4. The van der Waals surface area contributed by atoms with E-state index in [4.69, 9.17) is 4.74 Å². The minimum Gasteiger partial charge on any atom is -0.441 e. The summed E-state index contributed by atoms with van der Waals surface area (Å²) in [4.78, 5) is 14.4. The quantitative estimate of drug-likeness (QED) is 0.799. The number of benzene rings is 2. The van der Waals surface area contributed by atoms with Crippen molar-refractivity contribution in [2.75, 3.05) is 6.54 Å². The number of esters is 1. The van der Waals surface area contributed by atoms with Gasteiger partial charge in [0.25, 0.3) is 0 Å². The Bertz CT molecular complexity index is 582. The maximum atomic E-state index is 12.3. The van der Waals surface area contributed by atoms with Crippen LogP contribution in [0.4, 0.5) is 0 Å². The van der Waals surface area contributed by atoms with Crippen molar-refractivity contribution in [3.05, 3.63) is 71.8 Å². The molecule has 0 N–H and O–H groups in total. The molecule has 0 aliphatic carbocycles. The molecule has 1 saturated heterocycles. The zero-order chi connectivity index (χ0) is 13.9. The first-order valence-corrected chi connectivity index (χ1v) is 6.87. The molecule has 102 valence electrons. The second-order valence-corrected chi connectivity index (χ2v) is 4.84. The van der Waals surface area contributed by atoms with Gasteiger partial charge in [-0.3, -0.25) is 0 Å². The molecule has 0 amide bonds. The summed E-state index contributed by atoms with van der Waals surface area (Å²) in [6.45, 7) is 2.80. The van der Waals surface area contributed by atoms with Gasteiger partial charge in [-0.15, -0.1) is 0 Å². The molecule has 20 heavy (non-hydrogen) atoms. The zero-order valence-electron chi connectivity index (χ0n) is 11.4. The molecule has 2 atom stereocenters. The van der Waals surface area contributed by atoms with E-state index < -0.39 is 0 Å². The van der Waals surface area contributed by atoms with Gasteiger partial charge in [0, 0.05) is 12.1 Å². The van der Waals surface area contributed by atoms with Gasteiger partial charge < -0.3 is 4.74 Å². The lowest BCUT2D eigenvalue weighted by atomic mass is 10.1. The molecule has 3 nitrogen and oxygen atoms in total. The van der Waals surface area contributed by atoms with Crippen LogP contribution in [0.15, 0.2) is 60.7 Å². The Kier molecular flexibility index (Phi) is 3.52. The Morgan fingerprint density at radius 2 is 1.50 bits per heavy atom. The van der Waals surface area contributed by atoms with Crippen LogP contribution < -0.4 is 0 Å². The van der Waals surface area contributed by atoms with Crippen molar-refractivity contribution in [3.63, 3.8) is 0 Å². The monoisotopic (exact) mass is 267 g/mol. The first kappa shape index (κ1) is 12.9. The summed E-state index contributed by atoms with van der Waals surface area (Å²) in [5.41, 5.74) is 2.00. The van der Waals surface area contributed by atoms with E-state index in [1.54, 1.807) is 0 Å². The number of hydrogen-bond donors (Lipinski definition) is 0. The molecule has 1 fully saturated rings. The molecule has 1 aliphatic heterocycles. The first-order valence-electron chi connectivity index (χ1n) is 6.87. The van der Waals surface area contributed by atoms with E-state index in [1.165, 1.54) is 0 Å². The van der Waals surface area contributed by atoms with Crippen molar-refractivity contribution in [2.45, 2.75) is 19.2 Å². The van der Waals surface area contributed by atoms with E-state index in [0.29, 0.717) is 0 Å². The van der Waals surface area contributed by atoms with Crippen molar-refractivity contribution < 1.29 is 9.53 Å². The highest BCUT2D eigenvalue weighted by molar-refractivity contribution is 5.79. The van der Waals surface area contributed by atoms with Crippen molar-refractivity contribution in [2.24, 2.45) is 0 Å². The lowest BCUT2D eigenvalue weighted by Crippen LogP contribution is -2.27. The molecular weight excluding hydrogens is 250 g/mol. The van der Waals surface area contributed by atoms with Gasteiger partial charge in [-0.1, -0.05) is 67.6 Å². The van der Waals surface area contributed by atoms with E-state index >= 15 is 0 Å². The minimum atomic E-state index is -0.314. The Morgan fingerprint density at radius 3 is 2.05 bits per heavy atom. The number of cyclic esters (lactones) is 1. The van der Waals surface area contributed by atoms with Crippen molar-refractivity contribution in [3.8, 4) is 0 Å². The molecule has 2 aromatic rings. The number of carbonyl (C=O) groups is 1. The average Bonchev–Trinajstić information content (AvgIpc) is 2.85. The Hall–Kier alpha value is -2.13. The largest absolute Gasteiger partial charge is 0.441 e. The molecular formula is C17H17NO2. The van der Waals surface area contributed by atoms with Gasteiger partial charge in [-0.05, 0) is 5.56 Å². The standard InChI is InChI=1S/C17H17NO2/c1-2-18-15(13-9-5-3-6-10-13)17(19)20-16(18)14-11-7-4-8-12-14/h3-12,15-16H,2H2,1H3. The smallest absolute Gasteiger partial charge is 0.329 e. The molecule has 0 radical (unpaired) electrons. The van der Waals surface area contributed by atoms with Crippen LogP contribution in [0.5, 0.6) is 0 Å². The third-order valence-corrected chi connectivity index (χ3v) is 3.65. The lowest BCUT2D eigenvalue weighted by Gasteiger charge is -2.24. The van der Waals surface area contributed by atoms with Crippen LogP contribution in [0.2, 0.25) is 0 Å². The van der Waals surface area contributed by atoms with Gasteiger partial charge in [0.1, 0.15) is 6.04 Å². The third-order valence-electron chi connectivity index (χ3n) is 3.65. The van der Waals surface area contributed by atoms with Crippen LogP contribution in [-0.2, 0) is 9.53 Å². The molecule has 3 rings (SSSR count). The third kappa shape index (κ3) is 2.21. The van der Waals surface area contributed by atoms with E-state index in [1.807, 2.05) is 67.6 Å². The fourth-order valence-corrected chi connectivity index (χ4v) is 2.70. The Balaban J connectivity index is 1.96. The molecule has 2 unspecified atom stereocenters. The molecule has 1 aliphatic rings. The summed E-state index contributed by atoms with van der Waals surface area (Å²) >= 11 is 0. The van der Waals surface area contributed by atoms with Crippen molar-refractivity contribution in [1.29, 1.82) is 0 Å². The second-order valence-electron chi connectivity index (χ2n) is 4.84. The van der Waals surface area contributed by atoms with E-state index in [9.17, 15) is 4.79 Å². The predicted octanol–water partition coefficient (Wildman–Crippen LogP) is 3.31. The average molecular weight is 267 g/mol. The normalized spacial score (nSPS) is 22.8. The van der Waals surface area contributed by atoms with Crippen LogP contribution in [0.25, 0.3) is 0 Å². The van der Waals surface area contributed by atoms with Crippen LogP contribution in [0.3, 0.4) is 0 Å². The van der Waals surface area contributed by atoms with Crippen molar-refractivity contribution in [1.82, 2.24) is 4.90 Å². The van der Waals surface area contributed by atoms with Gasteiger partial charge in [0.2, 0.25) is 0 Å². The maximum Gasteiger partial charge on any atom is 0.329 e. The number of carbonyl (C=O) groups excluding carboxylic acids is 1. The van der Waals surface area contributed by atoms with Gasteiger partial charge in [0.15, 0.2) is 6.23 Å². The van der Waals surface area contributed by atoms with Crippen LogP contribution in [0.1, 0.15) is 30.3 Å². The summed E-state index contributed by atoms with van der Waals surface area (Å²) in [5.74, 6) is -0.174. The molecule has 0 saturated carbocycles. The molecule has 2 aromatic carbocycles. The molecule has 0 spiro atoms. The van der Waals surface area contributed by atoms with E-state index in [0.717, 1.165) is 17.7 Å². The summed E-state index contributed by atoms with van der Waals surface area (Å²) in [7, 11) is 0. The van der Waals surface area contributed by atoms with Crippen LogP contribution >= 0.6 is 0 Å². The number of ether oxygens (including phenoxy) is 1. The van der Waals surface area contributed by atoms with Crippen molar-refractivity contribution >= 4 is 5.97 Å². The Morgan fingerprint density at radius 1 is 0.950 bits per heavy atom. The molecule has 1 heterocycles. The lowest BCUT2D eigenvalue weighted by molar-refractivity contribution is -0.143. The highest BCUT2D eigenvalue weighted by atomic mass is 16.6.